The third-order valence-electron chi connectivity index (χ3n) is 3.61. The number of ether oxygens (including phenoxy) is 1. The zero-order valence-corrected chi connectivity index (χ0v) is 12.4. The van der Waals surface area contributed by atoms with Crippen molar-refractivity contribution in [2.24, 2.45) is 0 Å². The van der Waals surface area contributed by atoms with E-state index < -0.39 is 0 Å². The molecule has 0 atom stereocenters. The number of hydrogen-bond acceptors (Lipinski definition) is 3. The number of amides is 1. The molecule has 0 fully saturated rings. The summed E-state index contributed by atoms with van der Waals surface area (Å²) in [7, 11) is 1.60. The highest BCUT2D eigenvalue weighted by atomic mass is 35.5. The molecular formula is C16H15ClN2O2. The molecule has 0 saturated heterocycles. The van der Waals surface area contributed by atoms with Crippen LogP contribution in [0.1, 0.15) is 11.1 Å². The van der Waals surface area contributed by atoms with Gasteiger partial charge in [0.15, 0.2) is 0 Å². The highest BCUT2D eigenvalue weighted by molar-refractivity contribution is 6.31. The maximum atomic E-state index is 12.2. The van der Waals surface area contributed by atoms with E-state index in [2.05, 4.69) is 0 Å². The number of nitrogens with two attached hydrogens (primary N) is 1. The first-order valence-electron chi connectivity index (χ1n) is 6.59. The van der Waals surface area contributed by atoms with Crippen LogP contribution in [0.4, 0.5) is 11.4 Å². The molecule has 5 heteroatoms. The molecule has 1 heterocycles. The van der Waals surface area contributed by atoms with Crippen molar-refractivity contribution in [3.63, 3.8) is 0 Å². The molecule has 0 radical (unpaired) electrons. The van der Waals surface area contributed by atoms with Crippen LogP contribution in [0, 0.1) is 0 Å². The first kappa shape index (κ1) is 13.8. The van der Waals surface area contributed by atoms with E-state index in [4.69, 9.17) is 22.1 Å². The highest BCUT2D eigenvalue weighted by Crippen LogP contribution is 2.34. The number of nitrogens with zero attached hydrogens (tertiary/aromatic N) is 1. The first-order valence-corrected chi connectivity index (χ1v) is 6.97. The van der Waals surface area contributed by atoms with Crippen LogP contribution in [-0.4, -0.2) is 13.0 Å². The molecule has 3 rings (SSSR count). The van der Waals surface area contributed by atoms with Gasteiger partial charge in [0, 0.05) is 22.0 Å². The van der Waals surface area contributed by atoms with E-state index in [0.717, 1.165) is 16.8 Å². The third-order valence-corrected chi connectivity index (χ3v) is 3.85. The van der Waals surface area contributed by atoms with Crippen LogP contribution >= 0.6 is 11.6 Å². The fourth-order valence-electron chi connectivity index (χ4n) is 2.60. The molecule has 2 aromatic rings. The van der Waals surface area contributed by atoms with Crippen LogP contribution in [0.2, 0.25) is 5.02 Å². The molecule has 1 amide bonds. The van der Waals surface area contributed by atoms with Crippen LogP contribution in [0.5, 0.6) is 5.75 Å². The number of halogens is 1. The molecule has 4 nitrogen and oxygen atoms in total. The second-order valence-corrected chi connectivity index (χ2v) is 5.44. The number of nitrogen functional groups attached to an aromatic ring is 1. The summed E-state index contributed by atoms with van der Waals surface area (Å²) in [6.45, 7) is 0.417. The van der Waals surface area contributed by atoms with Gasteiger partial charge in [-0.05, 0) is 35.9 Å². The van der Waals surface area contributed by atoms with Gasteiger partial charge in [0.1, 0.15) is 5.75 Å². The van der Waals surface area contributed by atoms with Gasteiger partial charge in [-0.25, -0.2) is 0 Å². The summed E-state index contributed by atoms with van der Waals surface area (Å²) in [6.07, 6.45) is 0.400. The summed E-state index contributed by atoms with van der Waals surface area (Å²) in [5, 5.41) is 0.619. The van der Waals surface area contributed by atoms with Crippen molar-refractivity contribution >= 4 is 28.9 Å². The minimum Gasteiger partial charge on any atom is -0.496 e. The van der Waals surface area contributed by atoms with Gasteiger partial charge in [-0.1, -0.05) is 17.7 Å². The van der Waals surface area contributed by atoms with Gasteiger partial charge in [-0.2, -0.15) is 0 Å². The predicted molar refractivity (Wildman–Crippen MR) is 83.8 cm³/mol. The molecule has 0 bridgehead atoms. The van der Waals surface area contributed by atoms with Crippen LogP contribution in [0.25, 0.3) is 0 Å². The molecule has 0 aromatic heterocycles. The summed E-state index contributed by atoms with van der Waals surface area (Å²) >= 11 is 6.04. The van der Waals surface area contributed by atoms with Crippen LogP contribution in [-0.2, 0) is 17.8 Å². The lowest BCUT2D eigenvalue weighted by atomic mass is 10.1. The van der Waals surface area contributed by atoms with Crippen molar-refractivity contribution in [1.29, 1.82) is 0 Å². The molecular weight excluding hydrogens is 288 g/mol. The average molecular weight is 303 g/mol. The van der Waals surface area contributed by atoms with Crippen molar-refractivity contribution in [2.45, 2.75) is 13.0 Å². The maximum Gasteiger partial charge on any atom is 0.231 e. The summed E-state index contributed by atoms with van der Waals surface area (Å²) in [5.41, 5.74) is 9.20. The molecule has 2 N–H and O–H groups in total. The van der Waals surface area contributed by atoms with Gasteiger partial charge < -0.3 is 15.4 Å². The highest BCUT2D eigenvalue weighted by Gasteiger charge is 2.28. The lowest BCUT2D eigenvalue weighted by Gasteiger charge is -2.19. The van der Waals surface area contributed by atoms with Crippen molar-refractivity contribution in [3.8, 4) is 5.75 Å². The molecule has 0 saturated carbocycles. The van der Waals surface area contributed by atoms with Crippen LogP contribution in [0.3, 0.4) is 0 Å². The number of rotatable bonds is 3. The molecule has 1 aliphatic rings. The van der Waals surface area contributed by atoms with Crippen LogP contribution < -0.4 is 15.4 Å². The number of carbonyl (C=O) groups is 1. The van der Waals surface area contributed by atoms with E-state index in [1.807, 2.05) is 24.3 Å². The normalized spacial score (nSPS) is 13.4. The standard InChI is InChI=1S/C16H15ClN2O2/c1-21-15-5-4-13(18)6-11(15)9-19-14-8-12(17)3-2-10(14)7-16(19)20/h2-6,8H,7,9,18H2,1H3. The number of methoxy groups -OCH3 is 1. The lowest BCUT2D eigenvalue weighted by Crippen LogP contribution is -2.26. The van der Waals surface area contributed by atoms with E-state index in [1.165, 1.54) is 0 Å². The maximum absolute atomic E-state index is 12.2. The average Bonchev–Trinajstić information content (AvgIpc) is 2.75. The number of hydrogen-bond donors (Lipinski definition) is 1. The Kier molecular flexibility index (Phi) is 3.47. The largest absolute Gasteiger partial charge is 0.496 e. The zero-order chi connectivity index (χ0) is 15.0. The van der Waals surface area contributed by atoms with Gasteiger partial charge in [0.2, 0.25) is 5.91 Å². The summed E-state index contributed by atoms with van der Waals surface area (Å²) in [4.78, 5) is 14.0. The van der Waals surface area contributed by atoms with E-state index in [1.54, 1.807) is 24.1 Å². The Bertz CT molecular complexity index is 715. The molecule has 21 heavy (non-hydrogen) atoms. The SMILES string of the molecule is COc1ccc(N)cc1CN1C(=O)Cc2ccc(Cl)cc21. The number of fused-ring (bicyclic) bond motifs is 1. The van der Waals surface area contributed by atoms with E-state index in [9.17, 15) is 4.79 Å². The Balaban J connectivity index is 1.98. The zero-order valence-electron chi connectivity index (χ0n) is 11.6. The van der Waals surface area contributed by atoms with E-state index >= 15 is 0 Å². The van der Waals surface area contributed by atoms with Crippen molar-refractivity contribution in [1.82, 2.24) is 0 Å². The summed E-state index contributed by atoms with van der Waals surface area (Å²) in [5.74, 6) is 0.768. The second kappa shape index (κ2) is 5.30. The molecule has 0 unspecified atom stereocenters. The monoisotopic (exact) mass is 302 g/mol. The van der Waals surface area contributed by atoms with Gasteiger partial charge in [-0.3, -0.25) is 4.79 Å². The summed E-state index contributed by atoms with van der Waals surface area (Å²) in [6, 6.07) is 10.9. The van der Waals surface area contributed by atoms with Gasteiger partial charge in [-0.15, -0.1) is 0 Å². The Morgan fingerprint density at radius 3 is 2.86 bits per heavy atom. The Hall–Kier alpha value is -2.20. The van der Waals surface area contributed by atoms with E-state index in [0.29, 0.717) is 29.4 Å². The minimum absolute atomic E-state index is 0.0525. The Morgan fingerprint density at radius 2 is 2.10 bits per heavy atom. The Labute approximate surface area is 128 Å². The van der Waals surface area contributed by atoms with Crippen molar-refractivity contribution in [2.75, 3.05) is 17.7 Å². The van der Waals surface area contributed by atoms with Gasteiger partial charge >= 0.3 is 0 Å². The molecule has 2 aromatic carbocycles. The molecule has 108 valence electrons. The third kappa shape index (κ3) is 2.54. The van der Waals surface area contributed by atoms with Gasteiger partial charge in [0.25, 0.3) is 0 Å². The number of carbonyl (C=O) groups excluding carboxylic acids is 1. The first-order chi connectivity index (χ1) is 10.1. The second-order valence-electron chi connectivity index (χ2n) is 5.00. The van der Waals surface area contributed by atoms with Crippen molar-refractivity contribution in [3.05, 3.63) is 52.5 Å². The fourth-order valence-corrected chi connectivity index (χ4v) is 2.76. The van der Waals surface area contributed by atoms with Crippen molar-refractivity contribution < 1.29 is 9.53 Å². The Morgan fingerprint density at radius 1 is 1.29 bits per heavy atom. The van der Waals surface area contributed by atoms with E-state index in [-0.39, 0.29) is 5.91 Å². The fraction of sp³-hybridized carbons (Fsp3) is 0.188. The number of anilines is 2. The molecule has 0 spiro atoms. The van der Waals surface area contributed by atoms with Crippen LogP contribution in [0.15, 0.2) is 36.4 Å². The molecule has 0 aliphatic carbocycles. The lowest BCUT2D eigenvalue weighted by molar-refractivity contribution is -0.117. The number of benzene rings is 2. The smallest absolute Gasteiger partial charge is 0.231 e. The minimum atomic E-state index is 0.0525. The summed E-state index contributed by atoms with van der Waals surface area (Å²) < 4.78 is 5.34. The molecule has 1 aliphatic heterocycles. The van der Waals surface area contributed by atoms with Gasteiger partial charge in [0.05, 0.1) is 20.1 Å². The topological polar surface area (TPSA) is 55.6 Å². The predicted octanol–water partition coefficient (Wildman–Crippen LogP) is 3.02. The quantitative estimate of drug-likeness (QED) is 0.887.